The lowest BCUT2D eigenvalue weighted by Gasteiger charge is -2.34. The summed E-state index contributed by atoms with van der Waals surface area (Å²) in [5, 5.41) is 0. The van der Waals surface area contributed by atoms with E-state index in [-0.39, 0.29) is 11.8 Å². The topological polar surface area (TPSA) is 43.9 Å². The summed E-state index contributed by atoms with van der Waals surface area (Å²) in [6, 6.07) is 0. The maximum absolute atomic E-state index is 12.5. The molecule has 3 rings (SSSR count). The molecule has 130 valence electrons. The van der Waals surface area contributed by atoms with Crippen molar-refractivity contribution in [3.8, 4) is 0 Å². The van der Waals surface area contributed by atoms with Gasteiger partial charge in [-0.3, -0.25) is 14.5 Å². The summed E-state index contributed by atoms with van der Waals surface area (Å²) < 4.78 is 0. The molecule has 0 bridgehead atoms. The predicted octanol–water partition coefficient (Wildman–Crippen LogP) is 1.72. The Kier molecular flexibility index (Phi) is 5.92. The van der Waals surface area contributed by atoms with Gasteiger partial charge in [0, 0.05) is 32.1 Å². The number of hydrogen-bond acceptors (Lipinski definition) is 3. The van der Waals surface area contributed by atoms with Gasteiger partial charge in [0.1, 0.15) is 0 Å². The van der Waals surface area contributed by atoms with Crippen LogP contribution in [0.15, 0.2) is 0 Å². The van der Waals surface area contributed by atoms with E-state index in [1.165, 1.54) is 25.7 Å². The van der Waals surface area contributed by atoms with Crippen molar-refractivity contribution in [2.45, 2.75) is 51.4 Å². The Hall–Kier alpha value is -1.10. The molecule has 0 unspecified atom stereocenters. The molecule has 5 nitrogen and oxygen atoms in total. The fraction of sp³-hybridized carbons (Fsp3) is 0.889. The molecule has 23 heavy (non-hydrogen) atoms. The number of amides is 2. The average Bonchev–Trinajstić information content (AvgIpc) is 3.00. The highest BCUT2D eigenvalue weighted by Crippen LogP contribution is 2.22. The van der Waals surface area contributed by atoms with Crippen molar-refractivity contribution in [3.63, 3.8) is 0 Å². The van der Waals surface area contributed by atoms with Crippen molar-refractivity contribution in [1.82, 2.24) is 14.7 Å². The Morgan fingerprint density at radius 2 is 1.26 bits per heavy atom. The summed E-state index contributed by atoms with van der Waals surface area (Å²) in [5.41, 5.74) is 0. The highest BCUT2D eigenvalue weighted by Gasteiger charge is 2.31. The molecule has 0 aromatic carbocycles. The zero-order valence-electron chi connectivity index (χ0n) is 14.3. The number of piperidine rings is 1. The van der Waals surface area contributed by atoms with Crippen LogP contribution in [0.3, 0.4) is 0 Å². The molecule has 3 aliphatic heterocycles. The van der Waals surface area contributed by atoms with Gasteiger partial charge in [-0.25, -0.2) is 0 Å². The highest BCUT2D eigenvalue weighted by atomic mass is 16.2. The van der Waals surface area contributed by atoms with Gasteiger partial charge in [0.25, 0.3) is 0 Å². The minimum atomic E-state index is 0.148. The quantitative estimate of drug-likeness (QED) is 0.795. The van der Waals surface area contributed by atoms with E-state index in [9.17, 15) is 9.59 Å². The third kappa shape index (κ3) is 4.46. The van der Waals surface area contributed by atoms with Crippen LogP contribution in [0.1, 0.15) is 51.4 Å². The monoisotopic (exact) mass is 321 g/mol. The Morgan fingerprint density at radius 3 is 1.87 bits per heavy atom. The number of likely N-dealkylation sites (tertiary alicyclic amines) is 3. The lowest BCUT2D eigenvalue weighted by molar-refractivity contribution is -0.140. The normalized spacial score (nSPS) is 24.7. The van der Waals surface area contributed by atoms with Crippen molar-refractivity contribution < 1.29 is 9.59 Å². The van der Waals surface area contributed by atoms with E-state index < -0.39 is 0 Å². The summed E-state index contributed by atoms with van der Waals surface area (Å²) in [5.74, 6) is 0.747. The van der Waals surface area contributed by atoms with Crippen LogP contribution >= 0.6 is 0 Å². The van der Waals surface area contributed by atoms with Gasteiger partial charge in [-0.2, -0.15) is 0 Å². The smallest absolute Gasteiger partial charge is 0.236 e. The second-order valence-corrected chi connectivity index (χ2v) is 7.38. The van der Waals surface area contributed by atoms with E-state index in [0.29, 0.717) is 12.5 Å². The molecule has 0 atom stereocenters. The van der Waals surface area contributed by atoms with E-state index in [1.54, 1.807) is 0 Å². The molecule has 0 radical (unpaired) electrons. The molecule has 5 heteroatoms. The van der Waals surface area contributed by atoms with Crippen LogP contribution in [-0.4, -0.2) is 72.3 Å². The van der Waals surface area contributed by atoms with Gasteiger partial charge in [-0.1, -0.05) is 12.8 Å². The average molecular weight is 321 g/mol. The predicted molar refractivity (Wildman–Crippen MR) is 90.0 cm³/mol. The maximum atomic E-state index is 12.5. The fourth-order valence-electron chi connectivity index (χ4n) is 4.16. The minimum absolute atomic E-state index is 0.148. The molecule has 3 fully saturated rings. The Labute approximate surface area is 140 Å². The Bertz CT molecular complexity index is 404. The van der Waals surface area contributed by atoms with Crippen LogP contribution in [0.25, 0.3) is 0 Å². The molecular weight excluding hydrogens is 290 g/mol. The molecule has 3 heterocycles. The van der Waals surface area contributed by atoms with Gasteiger partial charge in [-0.05, 0) is 51.6 Å². The summed E-state index contributed by atoms with van der Waals surface area (Å²) >= 11 is 0. The summed E-state index contributed by atoms with van der Waals surface area (Å²) in [7, 11) is 0. The van der Waals surface area contributed by atoms with E-state index >= 15 is 0 Å². The van der Waals surface area contributed by atoms with Crippen LogP contribution in [0.5, 0.6) is 0 Å². The van der Waals surface area contributed by atoms with Gasteiger partial charge in [0.05, 0.1) is 6.54 Å². The molecule has 0 aromatic heterocycles. The first kappa shape index (κ1) is 16.7. The van der Waals surface area contributed by atoms with Gasteiger partial charge in [0.15, 0.2) is 0 Å². The van der Waals surface area contributed by atoms with Gasteiger partial charge in [0.2, 0.25) is 11.8 Å². The largest absolute Gasteiger partial charge is 0.342 e. The first-order chi connectivity index (χ1) is 11.2. The minimum Gasteiger partial charge on any atom is -0.342 e. The number of nitrogens with zero attached hydrogens (tertiary/aromatic N) is 3. The molecule has 0 spiro atoms. The van der Waals surface area contributed by atoms with Crippen LogP contribution in [0.4, 0.5) is 0 Å². The standard InChI is InChI=1S/C18H31N3O2/c22-17(15-19-9-3-1-2-4-10-19)20-13-7-16(8-14-20)18(23)21-11-5-6-12-21/h16H,1-15H2. The van der Waals surface area contributed by atoms with Crippen LogP contribution < -0.4 is 0 Å². The molecule has 0 N–H and O–H groups in total. The van der Waals surface area contributed by atoms with E-state index in [2.05, 4.69) is 4.90 Å². The molecule has 3 aliphatic rings. The number of carbonyl (C=O) groups excluding carboxylic acids is 2. The maximum Gasteiger partial charge on any atom is 0.236 e. The third-order valence-corrected chi connectivity index (χ3v) is 5.67. The molecule has 3 saturated heterocycles. The molecule has 0 saturated carbocycles. The van der Waals surface area contributed by atoms with Crippen molar-refractivity contribution in [2.75, 3.05) is 45.8 Å². The number of carbonyl (C=O) groups is 2. The van der Waals surface area contributed by atoms with Crippen molar-refractivity contribution in [3.05, 3.63) is 0 Å². The molecule has 0 aliphatic carbocycles. The first-order valence-electron chi connectivity index (χ1n) is 9.53. The van der Waals surface area contributed by atoms with Crippen molar-refractivity contribution in [2.24, 2.45) is 5.92 Å². The van der Waals surface area contributed by atoms with E-state index in [1.807, 2.05) is 9.80 Å². The van der Waals surface area contributed by atoms with E-state index in [0.717, 1.165) is 65.0 Å². The lowest BCUT2D eigenvalue weighted by Crippen LogP contribution is -2.47. The van der Waals surface area contributed by atoms with Crippen molar-refractivity contribution in [1.29, 1.82) is 0 Å². The van der Waals surface area contributed by atoms with Crippen LogP contribution in [-0.2, 0) is 9.59 Å². The Morgan fingerprint density at radius 1 is 0.696 bits per heavy atom. The fourth-order valence-corrected chi connectivity index (χ4v) is 4.16. The van der Waals surface area contributed by atoms with Gasteiger partial charge >= 0.3 is 0 Å². The zero-order chi connectivity index (χ0) is 16.1. The van der Waals surface area contributed by atoms with Crippen LogP contribution in [0, 0.1) is 5.92 Å². The number of rotatable bonds is 3. The second kappa shape index (κ2) is 8.13. The molecule has 2 amide bonds. The lowest BCUT2D eigenvalue weighted by atomic mass is 9.95. The van der Waals surface area contributed by atoms with Gasteiger partial charge in [-0.15, -0.1) is 0 Å². The summed E-state index contributed by atoms with van der Waals surface area (Å²) in [6.07, 6.45) is 9.04. The SMILES string of the molecule is O=C(CN1CCCCCC1)N1CCC(C(=O)N2CCCC2)CC1. The molecule has 0 aromatic rings. The zero-order valence-corrected chi connectivity index (χ0v) is 14.3. The Balaban J connectivity index is 1.42. The highest BCUT2D eigenvalue weighted by molar-refractivity contribution is 5.81. The summed E-state index contributed by atoms with van der Waals surface area (Å²) in [6.45, 7) is 6.10. The van der Waals surface area contributed by atoms with Gasteiger partial charge < -0.3 is 9.80 Å². The molecular formula is C18H31N3O2. The first-order valence-corrected chi connectivity index (χ1v) is 9.53. The van der Waals surface area contributed by atoms with Crippen molar-refractivity contribution >= 4 is 11.8 Å². The third-order valence-electron chi connectivity index (χ3n) is 5.67. The number of hydrogen-bond donors (Lipinski definition) is 0. The van der Waals surface area contributed by atoms with Crippen LogP contribution in [0.2, 0.25) is 0 Å². The van der Waals surface area contributed by atoms with E-state index in [4.69, 9.17) is 0 Å². The summed E-state index contributed by atoms with van der Waals surface area (Å²) in [4.78, 5) is 31.3. The second-order valence-electron chi connectivity index (χ2n) is 7.38.